The molecule has 6 nitrogen and oxygen atoms in total. The molecule has 140 valence electrons. The standard InChI is InChI=1S/C16H14F3NO5S/c17-16(18,19)26(21,22)25-14-12(11-5-7-20-8-6-11)3-1-4-13(14)15-23-9-2-10-24-15/h1,3-8,15H,2,9-10H2. The molecule has 0 bridgehead atoms. The minimum absolute atomic E-state index is 0.0619. The molecule has 0 unspecified atom stereocenters. The van der Waals surface area contributed by atoms with Crippen LogP contribution in [0.2, 0.25) is 0 Å². The Bertz CT molecular complexity index is 865. The number of benzene rings is 1. The Morgan fingerprint density at radius 1 is 1.08 bits per heavy atom. The van der Waals surface area contributed by atoms with Crippen LogP contribution in [0.25, 0.3) is 11.1 Å². The summed E-state index contributed by atoms with van der Waals surface area (Å²) >= 11 is 0. The summed E-state index contributed by atoms with van der Waals surface area (Å²) in [6.45, 7) is 0.658. The predicted octanol–water partition coefficient (Wildman–Crippen LogP) is 3.41. The van der Waals surface area contributed by atoms with Gasteiger partial charge >= 0.3 is 15.6 Å². The maximum Gasteiger partial charge on any atom is 0.534 e. The summed E-state index contributed by atoms with van der Waals surface area (Å²) in [5, 5.41) is 0. The lowest BCUT2D eigenvalue weighted by atomic mass is 10.0. The number of hydrogen-bond acceptors (Lipinski definition) is 6. The van der Waals surface area contributed by atoms with E-state index in [0.717, 1.165) is 0 Å². The summed E-state index contributed by atoms with van der Waals surface area (Å²) in [4.78, 5) is 3.84. The van der Waals surface area contributed by atoms with Crippen LogP contribution in [0.5, 0.6) is 5.75 Å². The summed E-state index contributed by atoms with van der Waals surface area (Å²) in [5.74, 6) is -0.483. The van der Waals surface area contributed by atoms with Crippen LogP contribution in [-0.2, 0) is 19.6 Å². The average molecular weight is 389 g/mol. The van der Waals surface area contributed by atoms with Gasteiger partial charge in [0.1, 0.15) is 0 Å². The molecule has 26 heavy (non-hydrogen) atoms. The second kappa shape index (κ2) is 7.22. The van der Waals surface area contributed by atoms with E-state index in [1.54, 1.807) is 6.07 Å². The van der Waals surface area contributed by atoms with Crippen molar-refractivity contribution < 1.29 is 35.2 Å². The lowest BCUT2D eigenvalue weighted by Gasteiger charge is -2.26. The molecule has 0 aliphatic carbocycles. The van der Waals surface area contributed by atoms with Crippen molar-refractivity contribution in [2.24, 2.45) is 0 Å². The van der Waals surface area contributed by atoms with E-state index in [0.29, 0.717) is 25.2 Å². The number of aromatic nitrogens is 1. The minimum atomic E-state index is -5.87. The van der Waals surface area contributed by atoms with Crippen LogP contribution in [0, 0.1) is 0 Å². The molecule has 0 spiro atoms. The van der Waals surface area contributed by atoms with E-state index in [-0.39, 0.29) is 11.1 Å². The van der Waals surface area contributed by atoms with Crippen molar-refractivity contribution in [3.05, 3.63) is 48.3 Å². The van der Waals surface area contributed by atoms with Crippen LogP contribution >= 0.6 is 0 Å². The number of ether oxygens (including phenoxy) is 2. The highest BCUT2D eigenvalue weighted by Gasteiger charge is 2.49. The van der Waals surface area contributed by atoms with Crippen LogP contribution in [0.15, 0.2) is 42.7 Å². The first kappa shape index (κ1) is 18.6. The van der Waals surface area contributed by atoms with Gasteiger partial charge < -0.3 is 13.7 Å². The van der Waals surface area contributed by atoms with Crippen molar-refractivity contribution in [1.29, 1.82) is 0 Å². The van der Waals surface area contributed by atoms with Gasteiger partial charge in [-0.2, -0.15) is 21.6 Å². The average Bonchev–Trinajstić information content (AvgIpc) is 2.62. The molecule has 1 aromatic carbocycles. The maximum absolute atomic E-state index is 12.8. The van der Waals surface area contributed by atoms with E-state index >= 15 is 0 Å². The number of para-hydroxylation sites is 1. The van der Waals surface area contributed by atoms with Gasteiger partial charge in [-0.25, -0.2) is 0 Å². The molecule has 0 saturated carbocycles. The van der Waals surface area contributed by atoms with Crippen molar-refractivity contribution >= 4 is 10.1 Å². The van der Waals surface area contributed by atoms with E-state index in [1.807, 2.05) is 0 Å². The Morgan fingerprint density at radius 3 is 2.35 bits per heavy atom. The molecular weight excluding hydrogens is 375 g/mol. The molecule has 0 atom stereocenters. The second-order valence-corrected chi connectivity index (χ2v) is 6.91. The Kier molecular flexibility index (Phi) is 5.17. The first-order valence-corrected chi connectivity index (χ1v) is 8.98. The number of rotatable bonds is 4. The van der Waals surface area contributed by atoms with Crippen LogP contribution in [0.3, 0.4) is 0 Å². The second-order valence-electron chi connectivity index (χ2n) is 5.37. The highest BCUT2D eigenvalue weighted by molar-refractivity contribution is 7.88. The van der Waals surface area contributed by atoms with E-state index in [1.165, 1.54) is 36.7 Å². The van der Waals surface area contributed by atoms with Gasteiger partial charge in [0.05, 0.1) is 18.8 Å². The molecule has 0 N–H and O–H groups in total. The molecule has 1 aromatic heterocycles. The van der Waals surface area contributed by atoms with Crippen molar-refractivity contribution in [2.75, 3.05) is 13.2 Å². The Labute approximate surface area is 147 Å². The fourth-order valence-electron chi connectivity index (χ4n) is 2.42. The molecule has 0 radical (unpaired) electrons. The van der Waals surface area contributed by atoms with Gasteiger partial charge in [-0.1, -0.05) is 18.2 Å². The first-order chi connectivity index (χ1) is 12.3. The Balaban J connectivity index is 2.13. The molecule has 2 aromatic rings. The SMILES string of the molecule is O=S(=O)(Oc1c(-c2ccncc2)cccc1C1OCCCO1)C(F)(F)F. The molecule has 3 rings (SSSR count). The smallest absolute Gasteiger partial charge is 0.375 e. The van der Waals surface area contributed by atoms with Crippen molar-refractivity contribution in [3.8, 4) is 16.9 Å². The summed E-state index contributed by atoms with van der Waals surface area (Å²) < 4.78 is 77.0. The predicted molar refractivity (Wildman–Crippen MR) is 84.5 cm³/mol. The lowest BCUT2D eigenvalue weighted by molar-refractivity contribution is -0.183. The molecule has 0 amide bonds. The first-order valence-electron chi connectivity index (χ1n) is 7.57. The summed E-state index contributed by atoms with van der Waals surface area (Å²) in [6.07, 6.45) is 2.45. The third kappa shape index (κ3) is 3.81. The van der Waals surface area contributed by atoms with Gasteiger partial charge in [0, 0.05) is 18.0 Å². The van der Waals surface area contributed by atoms with Gasteiger partial charge in [-0.15, -0.1) is 0 Å². The van der Waals surface area contributed by atoms with Gasteiger partial charge in [0.25, 0.3) is 0 Å². The van der Waals surface area contributed by atoms with Gasteiger partial charge in [0.15, 0.2) is 12.0 Å². The lowest BCUT2D eigenvalue weighted by Crippen LogP contribution is -2.29. The van der Waals surface area contributed by atoms with Crippen LogP contribution in [0.1, 0.15) is 18.3 Å². The van der Waals surface area contributed by atoms with Crippen LogP contribution < -0.4 is 4.18 Å². The normalized spacial score (nSPS) is 16.4. The minimum Gasteiger partial charge on any atom is -0.375 e. The molecular formula is C16H14F3NO5S. The zero-order valence-corrected chi connectivity index (χ0v) is 14.1. The molecule has 1 aliphatic rings. The number of nitrogens with zero attached hydrogens (tertiary/aromatic N) is 1. The summed E-state index contributed by atoms with van der Waals surface area (Å²) in [7, 11) is -5.87. The van der Waals surface area contributed by atoms with Gasteiger partial charge in [-0.3, -0.25) is 4.98 Å². The molecule has 10 heteroatoms. The number of hydrogen-bond donors (Lipinski definition) is 0. The highest BCUT2D eigenvalue weighted by Crippen LogP contribution is 2.41. The van der Waals surface area contributed by atoms with E-state index < -0.39 is 27.7 Å². The number of pyridine rings is 1. The van der Waals surface area contributed by atoms with E-state index in [4.69, 9.17) is 9.47 Å². The number of alkyl halides is 3. The van der Waals surface area contributed by atoms with Crippen LogP contribution in [0.4, 0.5) is 13.2 Å². The van der Waals surface area contributed by atoms with Crippen molar-refractivity contribution in [3.63, 3.8) is 0 Å². The third-order valence-corrected chi connectivity index (χ3v) is 4.55. The Morgan fingerprint density at radius 2 is 1.73 bits per heavy atom. The van der Waals surface area contributed by atoms with Gasteiger partial charge in [0.2, 0.25) is 0 Å². The zero-order chi connectivity index (χ0) is 18.8. The molecule has 2 heterocycles. The zero-order valence-electron chi connectivity index (χ0n) is 13.3. The topological polar surface area (TPSA) is 74.7 Å². The van der Waals surface area contributed by atoms with Crippen molar-refractivity contribution in [2.45, 2.75) is 18.2 Å². The molecule has 1 saturated heterocycles. The fourth-order valence-corrected chi connectivity index (χ4v) is 2.92. The molecule has 1 aliphatic heterocycles. The van der Waals surface area contributed by atoms with E-state index in [9.17, 15) is 21.6 Å². The third-order valence-electron chi connectivity index (χ3n) is 3.59. The maximum atomic E-state index is 12.8. The quantitative estimate of drug-likeness (QED) is 0.589. The van der Waals surface area contributed by atoms with Crippen molar-refractivity contribution in [1.82, 2.24) is 4.98 Å². The molecule has 1 fully saturated rings. The van der Waals surface area contributed by atoms with Gasteiger partial charge in [-0.05, 0) is 24.1 Å². The number of halogens is 3. The Hall–Kier alpha value is -2.17. The summed E-state index contributed by atoms with van der Waals surface area (Å²) in [6, 6.07) is 7.45. The summed E-state index contributed by atoms with van der Waals surface area (Å²) in [5.41, 5.74) is -4.92. The highest BCUT2D eigenvalue weighted by atomic mass is 32.2. The monoisotopic (exact) mass is 389 g/mol. The van der Waals surface area contributed by atoms with E-state index in [2.05, 4.69) is 9.17 Å². The largest absolute Gasteiger partial charge is 0.534 e. The fraction of sp³-hybridized carbons (Fsp3) is 0.312. The van der Waals surface area contributed by atoms with Crippen LogP contribution in [-0.4, -0.2) is 32.1 Å².